The number of ether oxygens (including phenoxy) is 1. The van der Waals surface area contributed by atoms with Crippen LogP contribution in [0.1, 0.15) is 11.4 Å². The molecule has 1 aliphatic heterocycles. The van der Waals surface area contributed by atoms with Gasteiger partial charge in [-0.15, -0.1) is 0 Å². The van der Waals surface area contributed by atoms with E-state index in [4.69, 9.17) is 4.74 Å². The summed E-state index contributed by atoms with van der Waals surface area (Å²) < 4.78 is 5.92. The van der Waals surface area contributed by atoms with Gasteiger partial charge in [0.05, 0.1) is 23.1 Å². The zero-order valence-corrected chi connectivity index (χ0v) is 15.7. The average Bonchev–Trinajstić information content (AvgIpc) is 2.72. The highest BCUT2D eigenvalue weighted by Gasteiger charge is 2.25. The van der Waals surface area contributed by atoms with Gasteiger partial charge >= 0.3 is 0 Å². The average molecular weight is 375 g/mol. The third-order valence-electron chi connectivity index (χ3n) is 4.65. The summed E-state index contributed by atoms with van der Waals surface area (Å²) in [5.41, 5.74) is 3.49. The first-order chi connectivity index (χ1) is 13.7. The van der Waals surface area contributed by atoms with E-state index in [1.807, 2.05) is 37.3 Å². The third kappa shape index (κ3) is 3.38. The molecular formula is C21H21N5O2. The van der Waals surface area contributed by atoms with E-state index in [0.29, 0.717) is 37.0 Å². The van der Waals surface area contributed by atoms with Crippen LogP contribution in [-0.4, -0.2) is 40.6 Å². The summed E-state index contributed by atoms with van der Waals surface area (Å²) in [4.78, 5) is 27.2. The number of aromatic nitrogens is 3. The van der Waals surface area contributed by atoms with Crippen molar-refractivity contribution in [2.45, 2.75) is 13.3 Å². The molecule has 1 aliphatic rings. The van der Waals surface area contributed by atoms with Crippen LogP contribution in [-0.2, 0) is 11.2 Å². The lowest BCUT2D eigenvalue weighted by Crippen LogP contribution is -2.36. The van der Waals surface area contributed by atoms with Crippen molar-refractivity contribution < 1.29 is 9.53 Å². The molecule has 1 aromatic carbocycles. The molecule has 0 saturated carbocycles. The van der Waals surface area contributed by atoms with Gasteiger partial charge < -0.3 is 15.0 Å². The van der Waals surface area contributed by atoms with Crippen LogP contribution < -0.4 is 15.0 Å². The topological polar surface area (TPSA) is 80.2 Å². The molecule has 0 radical (unpaired) electrons. The number of benzene rings is 1. The van der Waals surface area contributed by atoms with Crippen LogP contribution in [0.5, 0.6) is 5.75 Å². The SMILES string of the molecule is C=CC(=O)N1CCOc2c1ccc1ncnc(NCCc3cccc(C)n3)c21. The molecule has 0 atom stereocenters. The molecule has 0 fully saturated rings. The zero-order chi connectivity index (χ0) is 19.5. The van der Waals surface area contributed by atoms with Crippen LogP contribution in [0.4, 0.5) is 11.5 Å². The van der Waals surface area contributed by atoms with Crippen molar-refractivity contribution in [3.63, 3.8) is 0 Å². The molecule has 2 aromatic heterocycles. The predicted octanol–water partition coefficient (Wildman–Crippen LogP) is 2.90. The molecule has 7 nitrogen and oxygen atoms in total. The van der Waals surface area contributed by atoms with Crippen molar-refractivity contribution in [3.05, 3.63) is 60.7 Å². The third-order valence-corrected chi connectivity index (χ3v) is 4.65. The van der Waals surface area contributed by atoms with Crippen molar-refractivity contribution in [2.75, 3.05) is 29.9 Å². The molecule has 1 amide bonds. The summed E-state index contributed by atoms with van der Waals surface area (Å²) in [5, 5.41) is 4.15. The number of rotatable bonds is 5. The zero-order valence-electron chi connectivity index (χ0n) is 15.7. The second-order valence-corrected chi connectivity index (χ2v) is 6.52. The van der Waals surface area contributed by atoms with Crippen LogP contribution in [0.25, 0.3) is 10.9 Å². The standard InChI is InChI=1S/C21H21N5O2/c1-3-18(27)26-11-12-28-20-17(26)8-7-16-19(20)21(24-13-23-16)22-10-9-15-6-4-5-14(2)25-15/h3-8,13H,1,9-12H2,2H3,(H,22,23,24). The summed E-state index contributed by atoms with van der Waals surface area (Å²) in [7, 11) is 0. The van der Waals surface area contributed by atoms with E-state index in [1.165, 1.54) is 12.4 Å². The maximum Gasteiger partial charge on any atom is 0.250 e. The summed E-state index contributed by atoms with van der Waals surface area (Å²) in [6.45, 7) is 7.13. The van der Waals surface area contributed by atoms with Gasteiger partial charge in [0.15, 0.2) is 5.75 Å². The normalized spacial score (nSPS) is 13.0. The molecule has 3 aromatic rings. The molecule has 0 saturated heterocycles. The fourth-order valence-corrected chi connectivity index (χ4v) is 3.35. The van der Waals surface area contributed by atoms with E-state index in [2.05, 4.69) is 26.8 Å². The fourth-order valence-electron chi connectivity index (χ4n) is 3.35. The number of anilines is 2. The summed E-state index contributed by atoms with van der Waals surface area (Å²) in [5.74, 6) is 1.15. The number of hydrogen-bond donors (Lipinski definition) is 1. The Labute approximate surface area is 163 Å². The van der Waals surface area contributed by atoms with E-state index < -0.39 is 0 Å². The van der Waals surface area contributed by atoms with E-state index in [9.17, 15) is 4.79 Å². The van der Waals surface area contributed by atoms with E-state index >= 15 is 0 Å². The Morgan fingerprint density at radius 1 is 1.32 bits per heavy atom. The van der Waals surface area contributed by atoms with Crippen LogP contribution in [0.15, 0.2) is 49.3 Å². The monoisotopic (exact) mass is 375 g/mol. The maximum absolute atomic E-state index is 12.2. The van der Waals surface area contributed by atoms with Crippen LogP contribution >= 0.6 is 0 Å². The number of nitrogens with one attached hydrogen (secondary N) is 1. The molecule has 0 bridgehead atoms. The first-order valence-corrected chi connectivity index (χ1v) is 9.18. The van der Waals surface area contributed by atoms with Gasteiger partial charge in [-0.1, -0.05) is 12.6 Å². The predicted molar refractivity (Wildman–Crippen MR) is 109 cm³/mol. The summed E-state index contributed by atoms with van der Waals surface area (Å²) in [6.07, 6.45) is 3.61. The van der Waals surface area contributed by atoms with Crippen molar-refractivity contribution >= 4 is 28.3 Å². The van der Waals surface area contributed by atoms with Gasteiger partial charge in [-0.3, -0.25) is 9.78 Å². The first kappa shape index (κ1) is 17.9. The Bertz CT molecular complexity index is 1050. The smallest absolute Gasteiger partial charge is 0.250 e. The molecule has 3 heterocycles. The highest BCUT2D eigenvalue weighted by molar-refractivity contribution is 6.07. The van der Waals surface area contributed by atoms with Gasteiger partial charge in [-0.25, -0.2) is 9.97 Å². The minimum absolute atomic E-state index is 0.152. The number of pyridine rings is 1. The van der Waals surface area contributed by atoms with Crippen LogP contribution in [0.2, 0.25) is 0 Å². The second-order valence-electron chi connectivity index (χ2n) is 6.52. The number of carbonyl (C=O) groups excluding carboxylic acids is 1. The van der Waals surface area contributed by atoms with Crippen molar-refractivity contribution in [1.29, 1.82) is 0 Å². The van der Waals surface area contributed by atoms with Gasteiger partial charge in [-0.05, 0) is 37.3 Å². The molecule has 0 unspecified atom stereocenters. The highest BCUT2D eigenvalue weighted by Crippen LogP contribution is 2.40. The lowest BCUT2D eigenvalue weighted by atomic mass is 10.1. The minimum Gasteiger partial charge on any atom is -0.489 e. The Morgan fingerprint density at radius 2 is 2.21 bits per heavy atom. The van der Waals surface area contributed by atoms with Crippen LogP contribution in [0.3, 0.4) is 0 Å². The Kier molecular flexibility index (Phi) is 4.89. The Balaban J connectivity index is 1.65. The summed E-state index contributed by atoms with van der Waals surface area (Å²) >= 11 is 0. The molecule has 4 rings (SSSR count). The number of aryl methyl sites for hydroxylation is 1. The molecular weight excluding hydrogens is 354 g/mol. The Hall–Kier alpha value is -3.48. The number of fused-ring (bicyclic) bond motifs is 3. The summed E-state index contributed by atoms with van der Waals surface area (Å²) in [6, 6.07) is 9.73. The minimum atomic E-state index is -0.152. The molecule has 142 valence electrons. The number of hydrogen-bond acceptors (Lipinski definition) is 6. The van der Waals surface area contributed by atoms with E-state index in [-0.39, 0.29) is 5.91 Å². The lowest BCUT2D eigenvalue weighted by molar-refractivity contribution is -0.114. The first-order valence-electron chi connectivity index (χ1n) is 9.18. The largest absolute Gasteiger partial charge is 0.489 e. The Morgan fingerprint density at radius 3 is 3.04 bits per heavy atom. The van der Waals surface area contributed by atoms with E-state index in [1.54, 1.807) is 4.90 Å². The lowest BCUT2D eigenvalue weighted by Gasteiger charge is -2.29. The molecule has 0 spiro atoms. The molecule has 28 heavy (non-hydrogen) atoms. The van der Waals surface area contributed by atoms with E-state index in [0.717, 1.165) is 28.7 Å². The molecule has 0 aliphatic carbocycles. The van der Waals surface area contributed by atoms with Crippen molar-refractivity contribution in [3.8, 4) is 5.75 Å². The number of nitrogens with zero attached hydrogens (tertiary/aromatic N) is 4. The molecule has 7 heteroatoms. The van der Waals surface area contributed by atoms with Gasteiger partial charge in [0.2, 0.25) is 0 Å². The van der Waals surface area contributed by atoms with Gasteiger partial charge in [0, 0.05) is 24.4 Å². The quantitative estimate of drug-likeness (QED) is 0.691. The van der Waals surface area contributed by atoms with Crippen molar-refractivity contribution in [1.82, 2.24) is 15.0 Å². The van der Waals surface area contributed by atoms with Gasteiger partial charge in [0.25, 0.3) is 5.91 Å². The highest BCUT2D eigenvalue weighted by atomic mass is 16.5. The van der Waals surface area contributed by atoms with Crippen molar-refractivity contribution in [2.24, 2.45) is 0 Å². The van der Waals surface area contributed by atoms with Gasteiger partial charge in [-0.2, -0.15) is 0 Å². The maximum atomic E-state index is 12.2. The fraction of sp³-hybridized carbons (Fsp3) is 0.238. The number of carbonyl (C=O) groups is 1. The number of amides is 1. The van der Waals surface area contributed by atoms with Crippen LogP contribution in [0, 0.1) is 6.92 Å². The van der Waals surface area contributed by atoms with Gasteiger partial charge in [0.1, 0.15) is 18.8 Å². The molecule has 1 N–H and O–H groups in total. The second kappa shape index (κ2) is 7.64.